The Labute approximate surface area is 111 Å². The minimum Gasteiger partial charge on any atom is -0.382 e. The van der Waals surface area contributed by atoms with Crippen LogP contribution in [0.1, 0.15) is 19.8 Å². The normalized spacial score (nSPS) is 11.0. The molecule has 18 heavy (non-hydrogen) atoms. The largest absolute Gasteiger partial charge is 0.382 e. The predicted octanol–water partition coefficient (Wildman–Crippen LogP) is 1.50. The zero-order valence-electron chi connectivity index (χ0n) is 11.8. The first-order valence-electron chi connectivity index (χ1n) is 6.71. The molecule has 0 aromatic rings. The van der Waals surface area contributed by atoms with E-state index in [-0.39, 0.29) is 0 Å². The molecule has 0 aliphatic rings. The smallest absolute Gasteiger partial charge is 0.0701 e. The molecule has 0 aromatic carbocycles. The van der Waals surface area contributed by atoms with Crippen LogP contribution in [0.2, 0.25) is 0 Å². The molecular formula is C13H28O5. The highest BCUT2D eigenvalue weighted by atomic mass is 16.6. The standard InChI is InChI=1S/C13H28O5/c1-3-4-5-15-8-9-17-12-13-18-11-10-16-7-6-14-2/h3-13H2,1-2H3. The third kappa shape index (κ3) is 15.8. The van der Waals surface area contributed by atoms with Gasteiger partial charge in [-0.25, -0.2) is 0 Å². The Morgan fingerprint density at radius 3 is 1.33 bits per heavy atom. The molecule has 0 atom stereocenters. The van der Waals surface area contributed by atoms with E-state index in [9.17, 15) is 0 Å². The molecule has 0 fully saturated rings. The van der Waals surface area contributed by atoms with Gasteiger partial charge in [-0.3, -0.25) is 0 Å². The molecule has 110 valence electrons. The van der Waals surface area contributed by atoms with Crippen LogP contribution >= 0.6 is 0 Å². The summed E-state index contributed by atoms with van der Waals surface area (Å²) in [6.45, 7) is 7.93. The topological polar surface area (TPSA) is 46.2 Å². The maximum absolute atomic E-state index is 5.36. The molecule has 0 N–H and O–H groups in total. The van der Waals surface area contributed by atoms with Gasteiger partial charge in [0.15, 0.2) is 0 Å². The number of rotatable bonds is 15. The molecule has 0 radical (unpaired) electrons. The van der Waals surface area contributed by atoms with Crippen LogP contribution in [-0.4, -0.2) is 66.6 Å². The van der Waals surface area contributed by atoms with Crippen LogP contribution in [0.4, 0.5) is 0 Å². The van der Waals surface area contributed by atoms with E-state index in [0.29, 0.717) is 52.9 Å². The molecule has 0 saturated heterocycles. The summed E-state index contributed by atoms with van der Waals surface area (Å²) in [7, 11) is 1.66. The summed E-state index contributed by atoms with van der Waals surface area (Å²) in [6.07, 6.45) is 2.29. The van der Waals surface area contributed by atoms with Gasteiger partial charge in [-0.05, 0) is 6.42 Å². The van der Waals surface area contributed by atoms with Crippen LogP contribution < -0.4 is 0 Å². The monoisotopic (exact) mass is 264 g/mol. The van der Waals surface area contributed by atoms with Crippen molar-refractivity contribution >= 4 is 0 Å². The van der Waals surface area contributed by atoms with Gasteiger partial charge in [0.1, 0.15) is 0 Å². The summed E-state index contributed by atoms with van der Waals surface area (Å²) in [4.78, 5) is 0. The van der Waals surface area contributed by atoms with Gasteiger partial charge in [-0.1, -0.05) is 13.3 Å². The van der Waals surface area contributed by atoms with Crippen molar-refractivity contribution in [2.24, 2.45) is 0 Å². The summed E-state index contributed by atoms with van der Waals surface area (Å²) >= 11 is 0. The molecule has 0 saturated carbocycles. The van der Waals surface area contributed by atoms with Crippen molar-refractivity contribution in [3.63, 3.8) is 0 Å². The van der Waals surface area contributed by atoms with Gasteiger partial charge < -0.3 is 23.7 Å². The maximum atomic E-state index is 5.36. The third-order valence-corrected chi connectivity index (χ3v) is 2.19. The second-order valence-corrected chi connectivity index (χ2v) is 3.80. The van der Waals surface area contributed by atoms with E-state index in [1.54, 1.807) is 7.11 Å². The van der Waals surface area contributed by atoms with Gasteiger partial charge in [0.05, 0.1) is 52.9 Å². The molecule has 0 bridgehead atoms. The highest BCUT2D eigenvalue weighted by molar-refractivity contribution is 4.36. The van der Waals surface area contributed by atoms with Gasteiger partial charge in [0, 0.05) is 13.7 Å². The number of hydrogen-bond acceptors (Lipinski definition) is 5. The molecule has 0 amide bonds. The lowest BCUT2D eigenvalue weighted by atomic mass is 10.4. The Kier molecular flexibility index (Phi) is 16.6. The molecular weight excluding hydrogens is 236 g/mol. The number of ether oxygens (including phenoxy) is 5. The van der Waals surface area contributed by atoms with Gasteiger partial charge in [-0.2, -0.15) is 0 Å². The molecule has 0 heterocycles. The first kappa shape index (κ1) is 17.8. The first-order chi connectivity index (χ1) is 8.91. The SMILES string of the molecule is CCCCOCCOCCOCCOCCOC. The van der Waals surface area contributed by atoms with Crippen molar-refractivity contribution in [3.05, 3.63) is 0 Å². The lowest BCUT2D eigenvalue weighted by Crippen LogP contribution is -2.13. The van der Waals surface area contributed by atoms with Crippen molar-refractivity contribution in [1.29, 1.82) is 0 Å². The number of methoxy groups -OCH3 is 1. The molecule has 0 aromatic heterocycles. The molecule has 0 aliphatic heterocycles. The Morgan fingerprint density at radius 1 is 0.556 bits per heavy atom. The van der Waals surface area contributed by atoms with Crippen LogP contribution in [0.15, 0.2) is 0 Å². The molecule has 5 nitrogen and oxygen atoms in total. The van der Waals surface area contributed by atoms with Gasteiger partial charge in [-0.15, -0.1) is 0 Å². The van der Waals surface area contributed by atoms with E-state index >= 15 is 0 Å². The lowest BCUT2D eigenvalue weighted by Gasteiger charge is -2.07. The van der Waals surface area contributed by atoms with Crippen molar-refractivity contribution in [2.45, 2.75) is 19.8 Å². The fourth-order valence-electron chi connectivity index (χ4n) is 1.15. The van der Waals surface area contributed by atoms with Gasteiger partial charge >= 0.3 is 0 Å². The average Bonchev–Trinajstić information content (AvgIpc) is 2.39. The summed E-state index contributed by atoms with van der Waals surface area (Å²) in [5.41, 5.74) is 0. The Morgan fingerprint density at radius 2 is 0.944 bits per heavy atom. The quantitative estimate of drug-likeness (QED) is 0.419. The summed E-state index contributed by atoms with van der Waals surface area (Å²) in [6, 6.07) is 0. The van der Waals surface area contributed by atoms with E-state index in [1.807, 2.05) is 0 Å². The van der Waals surface area contributed by atoms with Crippen molar-refractivity contribution in [1.82, 2.24) is 0 Å². The van der Waals surface area contributed by atoms with E-state index in [2.05, 4.69) is 6.92 Å². The fourth-order valence-corrected chi connectivity index (χ4v) is 1.15. The summed E-state index contributed by atoms with van der Waals surface area (Å²) < 4.78 is 26.1. The number of unbranched alkanes of at least 4 members (excludes halogenated alkanes) is 1. The molecule has 0 rings (SSSR count). The van der Waals surface area contributed by atoms with Crippen LogP contribution in [0, 0.1) is 0 Å². The highest BCUT2D eigenvalue weighted by Crippen LogP contribution is 1.88. The second-order valence-electron chi connectivity index (χ2n) is 3.80. The summed E-state index contributed by atoms with van der Waals surface area (Å²) in [5, 5.41) is 0. The first-order valence-corrected chi connectivity index (χ1v) is 6.71. The van der Waals surface area contributed by atoms with E-state index in [4.69, 9.17) is 23.7 Å². The van der Waals surface area contributed by atoms with Crippen LogP contribution in [0.3, 0.4) is 0 Å². The highest BCUT2D eigenvalue weighted by Gasteiger charge is 1.92. The predicted molar refractivity (Wildman–Crippen MR) is 70.1 cm³/mol. The Bertz CT molecular complexity index is 127. The van der Waals surface area contributed by atoms with Crippen LogP contribution in [0.5, 0.6) is 0 Å². The minimum atomic E-state index is 0.597. The second kappa shape index (κ2) is 16.8. The third-order valence-electron chi connectivity index (χ3n) is 2.19. The van der Waals surface area contributed by atoms with E-state index < -0.39 is 0 Å². The van der Waals surface area contributed by atoms with Gasteiger partial charge in [0.25, 0.3) is 0 Å². The zero-order chi connectivity index (χ0) is 13.3. The minimum absolute atomic E-state index is 0.597. The molecule has 0 spiro atoms. The molecule has 0 aliphatic carbocycles. The number of hydrogen-bond donors (Lipinski definition) is 0. The fraction of sp³-hybridized carbons (Fsp3) is 1.00. The maximum Gasteiger partial charge on any atom is 0.0701 e. The average molecular weight is 264 g/mol. The lowest BCUT2D eigenvalue weighted by molar-refractivity contribution is -0.00793. The Hall–Kier alpha value is -0.200. The molecule has 0 unspecified atom stereocenters. The Balaban J connectivity index is 2.86. The van der Waals surface area contributed by atoms with Gasteiger partial charge in [0.2, 0.25) is 0 Å². The van der Waals surface area contributed by atoms with E-state index in [0.717, 1.165) is 13.0 Å². The van der Waals surface area contributed by atoms with E-state index in [1.165, 1.54) is 6.42 Å². The zero-order valence-corrected chi connectivity index (χ0v) is 11.8. The van der Waals surface area contributed by atoms with Crippen LogP contribution in [0.25, 0.3) is 0 Å². The van der Waals surface area contributed by atoms with Crippen molar-refractivity contribution < 1.29 is 23.7 Å². The van der Waals surface area contributed by atoms with Crippen LogP contribution in [-0.2, 0) is 23.7 Å². The van der Waals surface area contributed by atoms with Crippen molar-refractivity contribution in [3.8, 4) is 0 Å². The molecule has 5 heteroatoms. The van der Waals surface area contributed by atoms with Crippen molar-refractivity contribution in [2.75, 3.05) is 66.6 Å². The summed E-state index contributed by atoms with van der Waals surface area (Å²) in [5.74, 6) is 0.